The monoisotopic (exact) mass is 866 g/mol. The van der Waals surface area contributed by atoms with Crippen LogP contribution in [0.1, 0.15) is 132 Å². The third kappa shape index (κ3) is 16.3. The highest BCUT2D eigenvalue weighted by Gasteiger charge is 2.24. The van der Waals surface area contributed by atoms with Gasteiger partial charge in [0.1, 0.15) is 6.67 Å². The van der Waals surface area contributed by atoms with Crippen LogP contribution in [0.3, 0.4) is 0 Å². The normalized spacial score (nSPS) is 13.0. The topological polar surface area (TPSA) is 12.9 Å². The molecule has 0 bridgehead atoms. The molecule has 0 fully saturated rings. The molecule has 3 aromatic carbocycles. The van der Waals surface area contributed by atoms with E-state index in [-0.39, 0.29) is 5.92 Å². The van der Waals surface area contributed by atoms with Crippen molar-refractivity contribution in [2.75, 3.05) is 6.67 Å². The number of hydrogen-bond acceptors (Lipinski definition) is 1. The Morgan fingerprint density at radius 1 is 0.785 bits per heavy atom. The number of allylic oxidation sites excluding steroid dienone is 18. The third-order valence-electron chi connectivity index (χ3n) is 10.9. The van der Waals surface area contributed by atoms with E-state index >= 15 is 4.39 Å². The molecule has 0 aliphatic carbocycles. The molecule has 4 rings (SSSR count). The van der Waals surface area contributed by atoms with Gasteiger partial charge in [-0.2, -0.15) is 0 Å². The number of aryl methyl sites for hydroxylation is 2. The van der Waals surface area contributed by atoms with Gasteiger partial charge in [-0.3, -0.25) is 4.98 Å². The smallest absolute Gasteiger partial charge is 0.117 e. The zero-order valence-corrected chi connectivity index (χ0v) is 41.7. The Hall–Kier alpha value is -6.38. The molecule has 4 aromatic rings. The summed E-state index contributed by atoms with van der Waals surface area (Å²) in [5, 5.41) is 0. The number of alkyl halides is 1. The van der Waals surface area contributed by atoms with E-state index < -0.39 is 6.67 Å². The molecule has 0 amide bonds. The van der Waals surface area contributed by atoms with E-state index in [0.29, 0.717) is 17.7 Å². The molecule has 1 atom stereocenters. The van der Waals surface area contributed by atoms with Crippen LogP contribution in [0.25, 0.3) is 40.5 Å². The van der Waals surface area contributed by atoms with Gasteiger partial charge in [0.25, 0.3) is 0 Å². The van der Waals surface area contributed by atoms with E-state index in [4.69, 9.17) is 4.98 Å². The number of pyridine rings is 1. The lowest BCUT2D eigenvalue weighted by molar-refractivity contribution is 0.566. The van der Waals surface area contributed by atoms with Gasteiger partial charge in [0.05, 0.1) is 5.69 Å². The van der Waals surface area contributed by atoms with Crippen molar-refractivity contribution in [3.05, 3.63) is 238 Å². The van der Waals surface area contributed by atoms with Gasteiger partial charge in [-0.05, 0) is 148 Å². The van der Waals surface area contributed by atoms with E-state index in [9.17, 15) is 0 Å². The summed E-state index contributed by atoms with van der Waals surface area (Å²) < 4.78 is 15.6. The van der Waals surface area contributed by atoms with E-state index in [0.717, 1.165) is 62.1 Å². The van der Waals surface area contributed by atoms with Gasteiger partial charge in [0.15, 0.2) is 0 Å². The van der Waals surface area contributed by atoms with Crippen molar-refractivity contribution in [2.24, 2.45) is 0 Å². The molecule has 1 heterocycles. The predicted molar refractivity (Wildman–Crippen MR) is 292 cm³/mol. The highest BCUT2D eigenvalue weighted by molar-refractivity contribution is 5.85. The van der Waals surface area contributed by atoms with Gasteiger partial charge in [0, 0.05) is 17.7 Å². The van der Waals surface area contributed by atoms with E-state index in [1.165, 1.54) is 27.8 Å². The Labute approximate surface area is 394 Å². The van der Waals surface area contributed by atoms with Crippen LogP contribution in [-0.4, -0.2) is 11.7 Å². The zero-order valence-electron chi connectivity index (χ0n) is 41.7. The number of nitrogens with zero attached hydrogens (tertiary/aromatic N) is 1. The summed E-state index contributed by atoms with van der Waals surface area (Å²) in [7, 11) is 0. The molecule has 0 spiro atoms. The highest BCUT2D eigenvalue weighted by atomic mass is 19.1. The molecule has 1 nitrogen and oxygen atoms in total. The molecule has 0 radical (unpaired) electrons. The van der Waals surface area contributed by atoms with Crippen LogP contribution < -0.4 is 0 Å². The maximum absolute atomic E-state index is 15.6. The molecule has 0 saturated heterocycles. The molecular formula is C63H76FN. The van der Waals surface area contributed by atoms with Gasteiger partial charge in [-0.25, -0.2) is 4.39 Å². The van der Waals surface area contributed by atoms with Crippen molar-refractivity contribution in [1.29, 1.82) is 0 Å². The number of halogens is 1. The number of hydrogen-bond donors (Lipinski definition) is 0. The van der Waals surface area contributed by atoms with Gasteiger partial charge in [-0.15, -0.1) is 0 Å². The minimum atomic E-state index is -0.646. The molecule has 0 N–H and O–H groups in total. The average Bonchev–Trinajstić information content (AvgIpc) is 3.31. The Bertz CT molecular complexity index is 2480. The van der Waals surface area contributed by atoms with Gasteiger partial charge < -0.3 is 0 Å². The van der Waals surface area contributed by atoms with Gasteiger partial charge >= 0.3 is 0 Å². The summed E-state index contributed by atoms with van der Waals surface area (Å²) in [6, 6.07) is 23.4. The fraction of sp³-hybridized carbons (Fsp3) is 0.254. The van der Waals surface area contributed by atoms with Gasteiger partial charge in [0.2, 0.25) is 0 Å². The maximum atomic E-state index is 15.6. The van der Waals surface area contributed by atoms with E-state index in [2.05, 4.69) is 178 Å². The molecule has 2 heteroatoms. The summed E-state index contributed by atoms with van der Waals surface area (Å²) >= 11 is 0. The van der Waals surface area contributed by atoms with Gasteiger partial charge in [-0.1, -0.05) is 209 Å². The van der Waals surface area contributed by atoms with Crippen LogP contribution in [0.15, 0.2) is 188 Å². The van der Waals surface area contributed by atoms with Crippen LogP contribution >= 0.6 is 0 Å². The second-order valence-electron chi connectivity index (χ2n) is 15.9. The lowest BCUT2D eigenvalue weighted by Crippen LogP contribution is -2.10. The van der Waals surface area contributed by atoms with Crippen LogP contribution in [0.4, 0.5) is 4.39 Å². The molecule has 1 aromatic heterocycles. The summed E-state index contributed by atoms with van der Waals surface area (Å²) in [5.41, 5.74) is 18.4. The molecule has 0 aliphatic rings. The van der Waals surface area contributed by atoms with Crippen molar-refractivity contribution in [3.63, 3.8) is 0 Å². The first-order valence-electron chi connectivity index (χ1n) is 23.1. The maximum Gasteiger partial charge on any atom is 0.117 e. The molecular weight excluding hydrogens is 790 g/mol. The number of benzene rings is 3. The quantitative estimate of drug-likeness (QED) is 0.0908. The highest BCUT2D eigenvalue weighted by Crippen LogP contribution is 2.41. The van der Waals surface area contributed by atoms with Crippen LogP contribution in [-0.2, 0) is 6.42 Å². The molecule has 0 aliphatic heterocycles. The van der Waals surface area contributed by atoms with E-state index in [1.807, 2.05) is 76.3 Å². The summed E-state index contributed by atoms with van der Waals surface area (Å²) in [6.07, 6.45) is 33.6. The van der Waals surface area contributed by atoms with Crippen molar-refractivity contribution in [2.45, 2.75) is 102 Å². The Balaban J connectivity index is 0.00000131. The Morgan fingerprint density at radius 2 is 1.51 bits per heavy atom. The zero-order chi connectivity index (χ0) is 48.3. The molecule has 65 heavy (non-hydrogen) atoms. The first kappa shape index (κ1) is 54.8. The summed E-state index contributed by atoms with van der Waals surface area (Å²) in [6.45, 7) is 36.5. The van der Waals surface area contributed by atoms with Crippen LogP contribution in [0, 0.1) is 13.8 Å². The minimum Gasteiger partial charge on any atom is -0.256 e. The fourth-order valence-electron chi connectivity index (χ4n) is 7.80. The van der Waals surface area contributed by atoms with Crippen LogP contribution in [0.2, 0.25) is 0 Å². The van der Waals surface area contributed by atoms with Crippen LogP contribution in [0.5, 0.6) is 0 Å². The minimum absolute atomic E-state index is 0.186. The first-order valence-corrected chi connectivity index (χ1v) is 23.1. The second-order valence-corrected chi connectivity index (χ2v) is 15.9. The van der Waals surface area contributed by atoms with Crippen molar-refractivity contribution >= 4 is 29.4 Å². The second kappa shape index (κ2) is 29.9. The number of aromatic nitrogens is 1. The fourth-order valence-corrected chi connectivity index (χ4v) is 7.80. The molecule has 1 unspecified atom stereocenters. The summed E-state index contributed by atoms with van der Waals surface area (Å²) in [4.78, 5) is 4.76. The lowest BCUT2D eigenvalue weighted by Gasteiger charge is -2.26. The summed E-state index contributed by atoms with van der Waals surface area (Å²) in [5.74, 6) is -0.186. The SMILES string of the molecule is C/C=C(/C)C=C(C)C.C=C/C=C\C(=C(/CF)c1ncccc1CC)C(C/C(C)=C\C(=C/C=C)c1cccc(C=C)c1/C=C\C)c1ccc(-c2cccc(/C=C\C=C/C)c2C)cc1C.CC. The largest absolute Gasteiger partial charge is 0.256 e. The van der Waals surface area contributed by atoms with E-state index in [1.54, 1.807) is 12.3 Å². The lowest BCUT2D eigenvalue weighted by atomic mass is 9.79. The predicted octanol–water partition coefficient (Wildman–Crippen LogP) is 19.0. The molecule has 0 saturated carbocycles. The first-order chi connectivity index (χ1) is 31.4. The third-order valence-corrected chi connectivity index (χ3v) is 10.9. The van der Waals surface area contributed by atoms with Crippen molar-refractivity contribution < 1.29 is 4.39 Å². The Morgan fingerprint density at radius 3 is 2.09 bits per heavy atom. The Kier molecular flexibility index (Phi) is 25.2. The molecule has 340 valence electrons. The van der Waals surface area contributed by atoms with Crippen molar-refractivity contribution in [1.82, 2.24) is 4.98 Å². The number of rotatable bonds is 18. The standard InChI is InChI=1S/C53H56FN.C8H14.C2H6/c1-10-16-18-24-43-26-20-29-47(40(43)9)45-31-32-46(39(8)36-45)51(50(28-17-11-2)52(37-54)53-42(15-6)27-21-33-55-53)35-38(7)34-44(22-12-3)49-30-19-25-41(14-5)48(49)23-13-4;1-5-8(4)6-7(2)3;1-2/h10-14,16-34,36,51H,2-3,5,15,35,37H2,1,4,6-9H3;5-6H,1-4H3;1-2H3/b16-10-,23-13-,24-18-,28-17-,38-34-,44-22+,52-50-;8-5-;. The van der Waals surface area contributed by atoms with Crippen molar-refractivity contribution in [3.8, 4) is 11.1 Å². The average molecular weight is 866 g/mol.